The number of rotatable bonds is 6. The Bertz CT molecular complexity index is 279. The highest BCUT2D eigenvalue weighted by Crippen LogP contribution is 2.16. The maximum atomic E-state index is 11.8. The third-order valence-electron chi connectivity index (χ3n) is 2.62. The van der Waals surface area contributed by atoms with Crippen LogP contribution in [0.15, 0.2) is 12.7 Å². The van der Waals surface area contributed by atoms with Crippen LogP contribution in [0.5, 0.6) is 0 Å². The maximum Gasteiger partial charge on any atom is 0.294 e. The van der Waals surface area contributed by atoms with E-state index in [1.807, 2.05) is 25.7 Å². The van der Waals surface area contributed by atoms with Crippen LogP contribution in [-0.4, -0.2) is 40.2 Å². The molecule has 0 aliphatic carbocycles. The number of carbonyl (C=O) groups excluding carboxylic acids is 1. The van der Waals surface area contributed by atoms with Crippen LogP contribution in [-0.2, 0) is 9.22 Å². The predicted octanol–water partition coefficient (Wildman–Crippen LogP) is 3.08. The van der Waals surface area contributed by atoms with Gasteiger partial charge in [0.2, 0.25) is 8.32 Å². The van der Waals surface area contributed by atoms with Gasteiger partial charge in [-0.25, -0.2) is 0 Å². The average molecular weight is 274 g/mol. The average Bonchev–Trinajstić information content (AvgIpc) is 2.08. The molecule has 1 atom stereocenters. The Morgan fingerprint density at radius 3 is 2.06 bits per heavy atom. The van der Waals surface area contributed by atoms with Gasteiger partial charge >= 0.3 is 0 Å². The van der Waals surface area contributed by atoms with Crippen LogP contribution in [0.25, 0.3) is 0 Å². The minimum absolute atomic E-state index is 0.0884. The van der Waals surface area contributed by atoms with Crippen LogP contribution < -0.4 is 0 Å². The first-order valence-corrected chi connectivity index (χ1v) is 12.9. The lowest BCUT2D eigenvalue weighted by atomic mass is 10.2. The van der Waals surface area contributed by atoms with Gasteiger partial charge in [-0.05, 0) is 26.7 Å². The first-order chi connectivity index (χ1) is 7.47. The van der Waals surface area contributed by atoms with Crippen LogP contribution in [0.3, 0.4) is 0 Å². The molecular formula is C12H27NO2Si2. The molecule has 0 rings (SSSR count). The molecule has 0 bridgehead atoms. The van der Waals surface area contributed by atoms with Crippen molar-refractivity contribution in [2.24, 2.45) is 0 Å². The van der Waals surface area contributed by atoms with Crippen molar-refractivity contribution in [3.8, 4) is 0 Å². The fourth-order valence-electron chi connectivity index (χ4n) is 1.43. The third kappa shape index (κ3) is 6.80. The van der Waals surface area contributed by atoms with E-state index in [0.717, 1.165) is 0 Å². The fourth-order valence-corrected chi connectivity index (χ4v) is 3.39. The molecule has 0 amide bonds. The Balaban J connectivity index is 4.52. The SMILES string of the molecule is C=CC(CC(=O)O[Si](C)(C)C)N(C)[Si](C)(C)C. The number of carbonyl (C=O) groups is 1. The summed E-state index contributed by atoms with van der Waals surface area (Å²) < 4.78 is 7.76. The molecule has 0 aromatic heterocycles. The summed E-state index contributed by atoms with van der Waals surface area (Å²) in [5.41, 5.74) is 0. The highest BCUT2D eigenvalue weighted by atomic mass is 28.4. The highest BCUT2D eigenvalue weighted by molar-refractivity contribution is 6.73. The van der Waals surface area contributed by atoms with Crippen molar-refractivity contribution in [3.05, 3.63) is 12.7 Å². The molecule has 0 heterocycles. The van der Waals surface area contributed by atoms with Crippen LogP contribution in [0, 0.1) is 0 Å². The summed E-state index contributed by atoms with van der Waals surface area (Å²) in [4.78, 5) is 11.8. The first-order valence-electron chi connectivity index (χ1n) is 6.04. The van der Waals surface area contributed by atoms with Gasteiger partial charge in [0.1, 0.15) is 8.24 Å². The Morgan fingerprint density at radius 2 is 1.76 bits per heavy atom. The molecule has 0 aliphatic rings. The lowest BCUT2D eigenvalue weighted by Gasteiger charge is -2.35. The highest BCUT2D eigenvalue weighted by Gasteiger charge is 2.28. The van der Waals surface area contributed by atoms with Crippen molar-refractivity contribution in [3.63, 3.8) is 0 Å². The molecule has 0 fully saturated rings. The second-order valence-corrected chi connectivity index (χ2v) is 15.9. The molecule has 100 valence electrons. The molecule has 0 radical (unpaired) electrons. The van der Waals surface area contributed by atoms with E-state index >= 15 is 0 Å². The van der Waals surface area contributed by atoms with Gasteiger partial charge in [-0.1, -0.05) is 25.7 Å². The smallest absolute Gasteiger partial charge is 0.294 e. The monoisotopic (exact) mass is 273 g/mol. The van der Waals surface area contributed by atoms with E-state index in [2.05, 4.69) is 37.8 Å². The van der Waals surface area contributed by atoms with E-state index in [4.69, 9.17) is 4.43 Å². The third-order valence-corrected chi connectivity index (χ3v) is 5.91. The van der Waals surface area contributed by atoms with Crippen molar-refractivity contribution < 1.29 is 9.22 Å². The molecule has 0 saturated carbocycles. The standard InChI is InChI=1S/C12H27NO2Si2/c1-9-11(13(2)16(3,4)5)10-12(14)15-17(6,7)8/h9,11H,1,10H2,2-8H3. The zero-order valence-electron chi connectivity index (χ0n) is 12.3. The number of hydrogen-bond donors (Lipinski definition) is 0. The molecule has 0 aliphatic heterocycles. The van der Waals surface area contributed by atoms with Crippen LogP contribution in [0.1, 0.15) is 6.42 Å². The van der Waals surface area contributed by atoms with Gasteiger partial charge in [0.05, 0.1) is 6.42 Å². The van der Waals surface area contributed by atoms with E-state index in [1.165, 1.54) is 0 Å². The van der Waals surface area contributed by atoms with Gasteiger partial charge in [-0.15, -0.1) is 6.58 Å². The Kier molecular flexibility index (Phi) is 5.83. The van der Waals surface area contributed by atoms with Crippen LogP contribution in [0.4, 0.5) is 0 Å². The van der Waals surface area contributed by atoms with Crippen molar-refractivity contribution in [1.29, 1.82) is 0 Å². The van der Waals surface area contributed by atoms with Gasteiger partial charge in [-0.2, -0.15) is 0 Å². The van der Waals surface area contributed by atoms with Crippen LogP contribution >= 0.6 is 0 Å². The minimum atomic E-state index is -1.77. The maximum absolute atomic E-state index is 11.8. The molecule has 0 saturated heterocycles. The first kappa shape index (κ1) is 16.6. The van der Waals surface area contributed by atoms with Crippen molar-refractivity contribution in [2.45, 2.75) is 51.7 Å². The van der Waals surface area contributed by atoms with E-state index < -0.39 is 16.6 Å². The van der Waals surface area contributed by atoms with E-state index in [9.17, 15) is 4.79 Å². The van der Waals surface area contributed by atoms with Crippen molar-refractivity contribution >= 4 is 22.5 Å². The topological polar surface area (TPSA) is 29.5 Å². The molecule has 1 unspecified atom stereocenters. The predicted molar refractivity (Wildman–Crippen MR) is 79.1 cm³/mol. The van der Waals surface area contributed by atoms with Gasteiger partial charge in [0, 0.05) is 6.04 Å². The van der Waals surface area contributed by atoms with Gasteiger partial charge in [0.15, 0.2) is 0 Å². The van der Waals surface area contributed by atoms with Gasteiger partial charge in [0.25, 0.3) is 5.97 Å². The molecule has 5 heteroatoms. The molecular weight excluding hydrogens is 246 g/mol. The van der Waals surface area contributed by atoms with Crippen molar-refractivity contribution in [1.82, 2.24) is 4.57 Å². The fraction of sp³-hybridized carbons (Fsp3) is 0.750. The zero-order valence-corrected chi connectivity index (χ0v) is 14.3. The summed E-state index contributed by atoms with van der Waals surface area (Å²) >= 11 is 0. The van der Waals surface area contributed by atoms with E-state index in [1.54, 1.807) is 0 Å². The van der Waals surface area contributed by atoms with Gasteiger partial charge < -0.3 is 8.99 Å². The lowest BCUT2D eigenvalue weighted by Crippen LogP contribution is -2.49. The molecule has 0 aromatic carbocycles. The second-order valence-electron chi connectivity index (χ2n) is 6.38. The van der Waals surface area contributed by atoms with E-state index in [0.29, 0.717) is 6.42 Å². The summed E-state index contributed by atoms with van der Waals surface area (Å²) in [7, 11) is -1.11. The van der Waals surface area contributed by atoms with Crippen LogP contribution in [0.2, 0.25) is 39.3 Å². The summed E-state index contributed by atoms with van der Waals surface area (Å²) in [6.07, 6.45) is 2.26. The number of nitrogens with zero attached hydrogens (tertiary/aromatic N) is 1. The Hall–Kier alpha value is -0.396. The Morgan fingerprint density at radius 1 is 1.29 bits per heavy atom. The summed E-state index contributed by atoms with van der Waals surface area (Å²) in [5.74, 6) is -0.0980. The summed E-state index contributed by atoms with van der Waals surface area (Å²) in [6, 6.07) is 0.0884. The quantitative estimate of drug-likeness (QED) is 0.550. The van der Waals surface area contributed by atoms with Crippen molar-refractivity contribution in [2.75, 3.05) is 7.05 Å². The minimum Gasteiger partial charge on any atom is -0.520 e. The second kappa shape index (κ2) is 5.97. The Labute approximate surface area is 108 Å². The molecule has 0 spiro atoms. The largest absolute Gasteiger partial charge is 0.520 e. The normalized spacial score (nSPS) is 14.6. The molecule has 0 aromatic rings. The molecule has 0 N–H and O–H groups in total. The number of likely N-dealkylation sites (N-methyl/N-ethyl adjacent to an activating group) is 1. The van der Waals surface area contributed by atoms with E-state index in [-0.39, 0.29) is 12.0 Å². The lowest BCUT2D eigenvalue weighted by molar-refractivity contribution is -0.135. The zero-order chi connectivity index (χ0) is 13.9. The van der Waals surface area contributed by atoms with Gasteiger partial charge in [-0.3, -0.25) is 4.79 Å². The summed E-state index contributed by atoms with van der Waals surface area (Å²) in [6.45, 7) is 16.7. The molecule has 3 nitrogen and oxygen atoms in total. The molecule has 17 heavy (non-hydrogen) atoms. The number of hydrogen-bond acceptors (Lipinski definition) is 3. The summed E-state index contributed by atoms with van der Waals surface area (Å²) in [5, 5.41) is 0.